The van der Waals surface area contributed by atoms with Crippen LogP contribution in [0.25, 0.3) is 0 Å². The van der Waals surface area contributed by atoms with Crippen molar-refractivity contribution in [2.75, 3.05) is 39.3 Å². The molecular weight excluding hydrogens is 398 g/mol. The van der Waals surface area contributed by atoms with Crippen molar-refractivity contribution in [3.63, 3.8) is 0 Å². The molecule has 0 bridgehead atoms. The Bertz CT molecular complexity index is 944. The summed E-state index contributed by atoms with van der Waals surface area (Å²) >= 11 is 0. The number of rotatable bonds is 7. The molecule has 0 radical (unpaired) electrons. The topological polar surface area (TPSA) is 60.9 Å². The number of nitrogens with zero attached hydrogens (tertiary/aromatic N) is 3. The minimum absolute atomic E-state index is 0.0447. The zero-order valence-corrected chi connectivity index (χ0v) is 18.9. The first-order chi connectivity index (χ1) is 14.3. The Morgan fingerprint density at radius 2 is 1.47 bits per heavy atom. The molecule has 6 nitrogen and oxygen atoms in total. The van der Waals surface area contributed by atoms with Crippen molar-refractivity contribution < 1.29 is 13.2 Å². The molecule has 7 heteroatoms. The molecule has 3 rings (SSSR count). The van der Waals surface area contributed by atoms with E-state index in [1.807, 2.05) is 31.2 Å². The number of amides is 1. The lowest BCUT2D eigenvalue weighted by Crippen LogP contribution is -2.50. The maximum absolute atomic E-state index is 12.9. The molecule has 0 spiro atoms. The quantitative estimate of drug-likeness (QED) is 0.679. The van der Waals surface area contributed by atoms with Gasteiger partial charge in [0.25, 0.3) is 5.91 Å². The van der Waals surface area contributed by atoms with Crippen LogP contribution >= 0.6 is 0 Å². The molecule has 2 aromatic carbocycles. The summed E-state index contributed by atoms with van der Waals surface area (Å²) in [6.45, 7) is 10.5. The Balaban J connectivity index is 1.60. The molecule has 1 heterocycles. The van der Waals surface area contributed by atoms with Crippen LogP contribution in [0.2, 0.25) is 0 Å². The van der Waals surface area contributed by atoms with Crippen molar-refractivity contribution in [1.82, 2.24) is 14.1 Å². The summed E-state index contributed by atoms with van der Waals surface area (Å²) in [4.78, 5) is 17.2. The molecule has 0 aliphatic carbocycles. The average Bonchev–Trinajstić information content (AvgIpc) is 2.78. The number of carbonyl (C=O) groups is 1. The number of hydrogen-bond acceptors (Lipinski definition) is 4. The second-order valence-corrected chi connectivity index (χ2v) is 9.61. The Kier molecular flexibility index (Phi) is 7.28. The lowest BCUT2D eigenvalue weighted by atomic mass is 10.1. The van der Waals surface area contributed by atoms with Gasteiger partial charge in [-0.3, -0.25) is 9.69 Å². The highest BCUT2D eigenvalue weighted by molar-refractivity contribution is 7.89. The van der Waals surface area contributed by atoms with Crippen LogP contribution < -0.4 is 0 Å². The van der Waals surface area contributed by atoms with Gasteiger partial charge in [0, 0.05) is 38.3 Å². The predicted octanol–water partition coefficient (Wildman–Crippen LogP) is 2.98. The van der Waals surface area contributed by atoms with Gasteiger partial charge in [0.2, 0.25) is 10.0 Å². The molecule has 1 aliphatic heterocycles. The third kappa shape index (κ3) is 5.09. The second-order valence-electron chi connectivity index (χ2n) is 7.67. The van der Waals surface area contributed by atoms with Gasteiger partial charge in [-0.15, -0.1) is 0 Å². The summed E-state index contributed by atoms with van der Waals surface area (Å²) in [6, 6.07) is 14.6. The zero-order valence-electron chi connectivity index (χ0n) is 18.0. The highest BCUT2D eigenvalue weighted by Gasteiger charge is 2.30. The average molecular weight is 430 g/mol. The highest BCUT2D eigenvalue weighted by Crippen LogP contribution is 2.19. The van der Waals surface area contributed by atoms with E-state index in [0.717, 1.165) is 25.2 Å². The van der Waals surface area contributed by atoms with E-state index in [-0.39, 0.29) is 5.91 Å². The van der Waals surface area contributed by atoms with Gasteiger partial charge in [-0.25, -0.2) is 8.42 Å². The van der Waals surface area contributed by atoms with Crippen molar-refractivity contribution in [1.29, 1.82) is 0 Å². The van der Waals surface area contributed by atoms with Crippen molar-refractivity contribution in [3.8, 4) is 0 Å². The van der Waals surface area contributed by atoms with Gasteiger partial charge >= 0.3 is 0 Å². The third-order valence-corrected chi connectivity index (χ3v) is 7.60. The molecule has 1 saturated heterocycles. The summed E-state index contributed by atoms with van der Waals surface area (Å²) in [5.74, 6) is -0.0447. The second kappa shape index (κ2) is 9.73. The minimum atomic E-state index is -3.52. The molecule has 0 unspecified atom stereocenters. The Morgan fingerprint density at radius 3 is 2.00 bits per heavy atom. The molecule has 30 heavy (non-hydrogen) atoms. The summed E-state index contributed by atoms with van der Waals surface area (Å²) in [5.41, 5.74) is 2.85. The van der Waals surface area contributed by atoms with Gasteiger partial charge < -0.3 is 4.90 Å². The summed E-state index contributed by atoms with van der Waals surface area (Å²) in [7, 11) is -3.52. The molecule has 0 saturated carbocycles. The highest BCUT2D eigenvalue weighted by atomic mass is 32.2. The third-order valence-electron chi connectivity index (χ3n) is 5.69. The van der Waals surface area contributed by atoms with Crippen LogP contribution in [0, 0.1) is 6.92 Å². The van der Waals surface area contributed by atoms with Crippen LogP contribution in [0.1, 0.15) is 35.3 Å². The van der Waals surface area contributed by atoms with Crippen molar-refractivity contribution in [2.45, 2.75) is 32.2 Å². The smallest absolute Gasteiger partial charge is 0.253 e. The first-order valence-corrected chi connectivity index (χ1v) is 12.0. The van der Waals surface area contributed by atoms with Crippen LogP contribution in [0.3, 0.4) is 0 Å². The molecule has 162 valence electrons. The molecular formula is C23H31N3O3S. The molecule has 1 aliphatic rings. The van der Waals surface area contributed by atoms with E-state index in [2.05, 4.69) is 18.7 Å². The number of piperazine rings is 1. The molecule has 1 fully saturated rings. The maximum atomic E-state index is 12.9. The minimum Gasteiger partial charge on any atom is -0.336 e. The van der Waals surface area contributed by atoms with Gasteiger partial charge in [0.1, 0.15) is 0 Å². The predicted molar refractivity (Wildman–Crippen MR) is 119 cm³/mol. The summed E-state index contributed by atoms with van der Waals surface area (Å²) in [5, 5.41) is 0. The molecule has 0 atom stereocenters. The van der Waals surface area contributed by atoms with Crippen LogP contribution in [-0.2, 0) is 16.6 Å². The largest absolute Gasteiger partial charge is 0.336 e. The van der Waals surface area contributed by atoms with Crippen LogP contribution in [0.4, 0.5) is 0 Å². The van der Waals surface area contributed by atoms with Gasteiger partial charge in [0.15, 0.2) is 0 Å². The van der Waals surface area contributed by atoms with Crippen LogP contribution in [0.5, 0.6) is 0 Å². The first-order valence-electron chi connectivity index (χ1n) is 10.5. The molecule has 0 aromatic heterocycles. The Labute approximate surface area is 180 Å². The van der Waals surface area contributed by atoms with Gasteiger partial charge in [0.05, 0.1) is 4.90 Å². The van der Waals surface area contributed by atoms with Crippen molar-refractivity contribution in [2.24, 2.45) is 0 Å². The fraction of sp³-hybridized carbons (Fsp3) is 0.435. The first kappa shape index (κ1) is 22.5. The Hall–Kier alpha value is -2.22. The number of benzene rings is 2. The molecule has 1 amide bonds. The monoisotopic (exact) mass is 429 g/mol. The van der Waals surface area contributed by atoms with Crippen molar-refractivity contribution in [3.05, 3.63) is 65.2 Å². The van der Waals surface area contributed by atoms with Gasteiger partial charge in [-0.1, -0.05) is 43.7 Å². The Morgan fingerprint density at radius 1 is 0.900 bits per heavy atom. The van der Waals surface area contributed by atoms with Gasteiger partial charge in [-0.2, -0.15) is 4.31 Å². The number of carbonyl (C=O) groups excluding carboxylic acids is 1. The molecule has 2 aromatic rings. The van der Waals surface area contributed by atoms with E-state index in [0.29, 0.717) is 36.6 Å². The lowest BCUT2D eigenvalue weighted by molar-refractivity contribution is 0.0698. The number of sulfonamides is 1. The SMILES string of the molecule is CCN(CC)Cc1ccc(C(=O)N2CCN(S(=O)(=O)c3ccc(C)cc3)CC2)cc1. The van der Waals surface area contributed by atoms with E-state index in [1.165, 1.54) is 9.87 Å². The number of aryl methyl sites for hydroxylation is 1. The standard InChI is InChI=1S/C23H31N3O3S/c1-4-24(5-2)18-20-8-10-21(11-9-20)23(27)25-14-16-26(17-15-25)30(28,29)22-12-6-19(3)7-13-22/h6-13H,4-5,14-18H2,1-3H3. The fourth-order valence-electron chi connectivity index (χ4n) is 3.63. The molecule has 0 N–H and O–H groups in total. The zero-order chi connectivity index (χ0) is 21.7. The van der Waals surface area contributed by atoms with E-state index in [9.17, 15) is 13.2 Å². The van der Waals surface area contributed by atoms with Gasteiger partial charge in [-0.05, 0) is 49.8 Å². The van der Waals surface area contributed by atoms with E-state index >= 15 is 0 Å². The van der Waals surface area contributed by atoms with Crippen LogP contribution in [-0.4, -0.2) is 67.7 Å². The van der Waals surface area contributed by atoms with E-state index in [1.54, 1.807) is 29.2 Å². The summed E-state index contributed by atoms with van der Waals surface area (Å²) in [6.07, 6.45) is 0. The van der Waals surface area contributed by atoms with Crippen LogP contribution in [0.15, 0.2) is 53.4 Å². The lowest BCUT2D eigenvalue weighted by Gasteiger charge is -2.34. The normalized spacial score (nSPS) is 15.5. The fourth-order valence-corrected chi connectivity index (χ4v) is 5.05. The van der Waals surface area contributed by atoms with E-state index < -0.39 is 10.0 Å². The number of hydrogen-bond donors (Lipinski definition) is 0. The van der Waals surface area contributed by atoms with E-state index in [4.69, 9.17) is 0 Å². The maximum Gasteiger partial charge on any atom is 0.253 e. The van der Waals surface area contributed by atoms with Crippen molar-refractivity contribution >= 4 is 15.9 Å². The summed E-state index contributed by atoms with van der Waals surface area (Å²) < 4.78 is 27.1.